The highest BCUT2D eigenvalue weighted by atomic mass is 79.9. The Labute approximate surface area is 119 Å². The number of rotatable bonds is 2. The van der Waals surface area contributed by atoms with E-state index in [0.29, 0.717) is 6.42 Å². The van der Waals surface area contributed by atoms with Crippen LogP contribution in [0.15, 0.2) is 34.8 Å². The monoisotopic (exact) mass is 320 g/mol. The molecule has 0 radical (unpaired) electrons. The fourth-order valence-corrected chi connectivity index (χ4v) is 2.92. The zero-order valence-electron chi connectivity index (χ0n) is 10.2. The van der Waals surface area contributed by atoms with Gasteiger partial charge in [-0.3, -0.25) is 0 Å². The highest BCUT2D eigenvalue weighted by molar-refractivity contribution is 9.10. The van der Waals surface area contributed by atoms with Crippen molar-refractivity contribution in [3.05, 3.63) is 34.8 Å². The number of hydrogen-bond donors (Lipinski definition) is 1. The van der Waals surface area contributed by atoms with Gasteiger partial charge in [-0.15, -0.1) is 0 Å². The number of fused-ring (bicyclic) bond motifs is 1. The lowest BCUT2D eigenvalue weighted by Crippen LogP contribution is -2.36. The lowest BCUT2D eigenvalue weighted by molar-refractivity contribution is -0.138. The molecular weight excluding hydrogens is 308 g/mol. The van der Waals surface area contributed by atoms with Gasteiger partial charge in [0, 0.05) is 16.4 Å². The van der Waals surface area contributed by atoms with Gasteiger partial charge >= 0.3 is 5.97 Å². The number of hydrogen-bond acceptors (Lipinski definition) is 3. The van der Waals surface area contributed by atoms with Crippen LogP contribution in [0.3, 0.4) is 0 Å². The van der Waals surface area contributed by atoms with Crippen LogP contribution < -0.4 is 4.90 Å². The van der Waals surface area contributed by atoms with Crippen molar-refractivity contribution in [2.75, 3.05) is 11.4 Å². The summed E-state index contributed by atoms with van der Waals surface area (Å²) in [6, 6.07) is 9.33. The summed E-state index contributed by atoms with van der Waals surface area (Å²) >= 11 is 3.43. The van der Waals surface area contributed by atoms with E-state index < -0.39 is 12.0 Å². The minimum Gasteiger partial charge on any atom is -0.480 e. The standard InChI is InChI=1S/C14H13BrN2O2/c15-10-4-5-11-9(8-10)3-6-13(16-11)17-7-1-2-12(17)14(18)19/h3-6,8,12H,1-2,7H2,(H,18,19)/t12-/m0/s1. The second kappa shape index (κ2) is 4.81. The van der Waals surface area contributed by atoms with Crippen molar-refractivity contribution in [3.8, 4) is 0 Å². The number of anilines is 1. The average Bonchev–Trinajstić information content (AvgIpc) is 2.87. The number of carboxylic acid groups (broad SMARTS) is 1. The van der Waals surface area contributed by atoms with Crippen molar-refractivity contribution in [2.45, 2.75) is 18.9 Å². The molecule has 19 heavy (non-hydrogen) atoms. The predicted octanol–water partition coefficient (Wildman–Crippen LogP) is 3.05. The first-order valence-electron chi connectivity index (χ1n) is 6.21. The zero-order chi connectivity index (χ0) is 13.4. The van der Waals surface area contributed by atoms with Crippen LogP contribution in [0, 0.1) is 0 Å². The van der Waals surface area contributed by atoms with Crippen LogP contribution in [0.4, 0.5) is 5.82 Å². The maximum absolute atomic E-state index is 11.2. The molecule has 1 aliphatic heterocycles. The van der Waals surface area contributed by atoms with Crippen LogP contribution >= 0.6 is 15.9 Å². The Hall–Kier alpha value is -1.62. The van der Waals surface area contributed by atoms with E-state index in [-0.39, 0.29) is 0 Å². The van der Waals surface area contributed by atoms with Gasteiger partial charge in [0.25, 0.3) is 0 Å². The second-order valence-electron chi connectivity index (χ2n) is 4.70. The first-order valence-corrected chi connectivity index (χ1v) is 7.00. The van der Waals surface area contributed by atoms with E-state index in [9.17, 15) is 9.90 Å². The molecule has 0 saturated carbocycles. The average molecular weight is 321 g/mol. The number of halogens is 1. The highest BCUT2D eigenvalue weighted by Gasteiger charge is 2.31. The molecule has 1 fully saturated rings. The summed E-state index contributed by atoms with van der Waals surface area (Å²) in [5.74, 6) is -0.0186. The van der Waals surface area contributed by atoms with Crippen LogP contribution in [0.25, 0.3) is 10.9 Å². The lowest BCUT2D eigenvalue weighted by Gasteiger charge is -2.22. The third-order valence-corrected chi connectivity index (χ3v) is 3.96. The Balaban J connectivity index is 2.01. The summed E-state index contributed by atoms with van der Waals surface area (Å²) in [6.07, 6.45) is 1.59. The first-order chi connectivity index (χ1) is 9.15. The number of nitrogens with zero attached hydrogens (tertiary/aromatic N) is 2. The SMILES string of the molecule is O=C(O)[C@@H]1CCCN1c1ccc2cc(Br)ccc2n1. The Kier molecular flexibility index (Phi) is 3.14. The molecule has 1 atom stereocenters. The first kappa shape index (κ1) is 12.4. The minimum absolute atomic E-state index is 0.444. The van der Waals surface area contributed by atoms with Crippen LogP contribution in [-0.2, 0) is 4.79 Å². The van der Waals surface area contributed by atoms with Gasteiger partial charge in [-0.1, -0.05) is 15.9 Å². The highest BCUT2D eigenvalue weighted by Crippen LogP contribution is 2.27. The Bertz CT molecular complexity index is 644. The molecular formula is C14H13BrN2O2. The van der Waals surface area contributed by atoms with E-state index >= 15 is 0 Å². The van der Waals surface area contributed by atoms with Gasteiger partial charge < -0.3 is 10.0 Å². The molecule has 1 aliphatic rings. The van der Waals surface area contributed by atoms with E-state index in [1.54, 1.807) is 0 Å². The third-order valence-electron chi connectivity index (χ3n) is 3.47. The van der Waals surface area contributed by atoms with Gasteiger partial charge in [0.05, 0.1) is 5.52 Å². The van der Waals surface area contributed by atoms with Gasteiger partial charge in [-0.25, -0.2) is 9.78 Å². The fourth-order valence-electron chi connectivity index (χ4n) is 2.54. The normalized spacial score (nSPS) is 19.0. The summed E-state index contributed by atoms with van der Waals surface area (Å²) in [7, 11) is 0. The molecule has 98 valence electrons. The van der Waals surface area contributed by atoms with Gasteiger partial charge in [0.1, 0.15) is 11.9 Å². The van der Waals surface area contributed by atoms with Gasteiger partial charge in [0.2, 0.25) is 0 Å². The van der Waals surface area contributed by atoms with E-state index in [2.05, 4.69) is 20.9 Å². The third kappa shape index (κ3) is 2.30. The summed E-state index contributed by atoms with van der Waals surface area (Å²) in [5.41, 5.74) is 0.886. The van der Waals surface area contributed by atoms with E-state index in [4.69, 9.17) is 0 Å². The van der Waals surface area contributed by atoms with Crippen molar-refractivity contribution >= 4 is 38.6 Å². The molecule has 2 aromatic rings. The molecule has 5 heteroatoms. The second-order valence-corrected chi connectivity index (χ2v) is 5.61. The van der Waals surface area contributed by atoms with Crippen LogP contribution in [0.1, 0.15) is 12.8 Å². The molecule has 1 aromatic carbocycles. The maximum atomic E-state index is 11.2. The molecule has 1 aromatic heterocycles. The van der Waals surface area contributed by atoms with Crippen molar-refractivity contribution in [3.63, 3.8) is 0 Å². The largest absolute Gasteiger partial charge is 0.480 e. The van der Waals surface area contributed by atoms with E-state index in [1.807, 2.05) is 35.2 Å². The van der Waals surface area contributed by atoms with Crippen molar-refractivity contribution in [1.29, 1.82) is 0 Å². The number of benzene rings is 1. The quantitative estimate of drug-likeness (QED) is 0.924. The molecule has 0 aliphatic carbocycles. The number of pyridine rings is 1. The molecule has 0 unspecified atom stereocenters. The van der Waals surface area contributed by atoms with Crippen molar-refractivity contribution in [2.24, 2.45) is 0 Å². The minimum atomic E-state index is -0.768. The summed E-state index contributed by atoms with van der Waals surface area (Å²) in [4.78, 5) is 17.7. The smallest absolute Gasteiger partial charge is 0.326 e. The number of aliphatic carboxylic acids is 1. The van der Waals surface area contributed by atoms with Crippen molar-refractivity contribution < 1.29 is 9.90 Å². The molecule has 0 spiro atoms. The van der Waals surface area contributed by atoms with Gasteiger partial charge in [-0.2, -0.15) is 0 Å². The van der Waals surface area contributed by atoms with E-state index in [0.717, 1.165) is 34.2 Å². The number of carbonyl (C=O) groups is 1. The van der Waals surface area contributed by atoms with Gasteiger partial charge in [-0.05, 0) is 43.2 Å². The molecule has 0 bridgehead atoms. The summed E-state index contributed by atoms with van der Waals surface area (Å²) < 4.78 is 1.01. The topological polar surface area (TPSA) is 53.4 Å². The lowest BCUT2D eigenvalue weighted by atomic mass is 10.2. The molecule has 4 nitrogen and oxygen atoms in total. The van der Waals surface area contributed by atoms with Crippen LogP contribution in [0.2, 0.25) is 0 Å². The Morgan fingerprint density at radius 2 is 2.21 bits per heavy atom. The Morgan fingerprint density at radius 1 is 1.37 bits per heavy atom. The molecule has 0 amide bonds. The van der Waals surface area contributed by atoms with Crippen molar-refractivity contribution in [1.82, 2.24) is 4.98 Å². The molecule has 2 heterocycles. The number of carboxylic acids is 1. The van der Waals surface area contributed by atoms with Crippen LogP contribution in [-0.4, -0.2) is 28.6 Å². The fraction of sp³-hybridized carbons (Fsp3) is 0.286. The maximum Gasteiger partial charge on any atom is 0.326 e. The Morgan fingerprint density at radius 3 is 3.00 bits per heavy atom. The van der Waals surface area contributed by atoms with E-state index in [1.165, 1.54) is 0 Å². The molecule has 3 rings (SSSR count). The summed E-state index contributed by atoms with van der Waals surface area (Å²) in [5, 5.41) is 10.3. The summed E-state index contributed by atoms with van der Waals surface area (Å²) in [6.45, 7) is 0.756. The number of aromatic nitrogens is 1. The molecule has 1 saturated heterocycles. The predicted molar refractivity (Wildman–Crippen MR) is 77.4 cm³/mol. The van der Waals surface area contributed by atoms with Crippen LogP contribution in [0.5, 0.6) is 0 Å². The molecule has 1 N–H and O–H groups in total. The van der Waals surface area contributed by atoms with Gasteiger partial charge in [0.15, 0.2) is 0 Å². The zero-order valence-corrected chi connectivity index (χ0v) is 11.8.